The highest BCUT2D eigenvalue weighted by atomic mass is 19.1. The van der Waals surface area contributed by atoms with Gasteiger partial charge >= 0.3 is 0 Å². The molecule has 5 nitrogen and oxygen atoms in total. The summed E-state index contributed by atoms with van der Waals surface area (Å²) >= 11 is 0. The van der Waals surface area contributed by atoms with Crippen LogP contribution in [0.3, 0.4) is 0 Å². The summed E-state index contributed by atoms with van der Waals surface area (Å²) in [4.78, 5) is 16.5. The van der Waals surface area contributed by atoms with Crippen LogP contribution < -0.4 is 16.0 Å². The number of nitrogens with zero attached hydrogens (tertiary/aromatic N) is 1. The molecule has 1 saturated carbocycles. The standard InChI is InChI=1S/C20H31FN4O/c1-2-22-20(23-14-12-16-8-6-7-11-18(16)21)24-15-13-19(26)25-17-9-4-3-5-10-17/h6-8,11,17H,2-5,9-10,12-15H2,1H3,(H,25,26)(H2,22,23,24). The number of halogens is 1. The van der Waals surface area contributed by atoms with Crippen LogP contribution in [-0.2, 0) is 11.2 Å². The van der Waals surface area contributed by atoms with E-state index in [1.54, 1.807) is 12.1 Å². The summed E-state index contributed by atoms with van der Waals surface area (Å²) in [7, 11) is 0. The Morgan fingerprint density at radius 3 is 2.69 bits per heavy atom. The van der Waals surface area contributed by atoms with E-state index in [9.17, 15) is 9.18 Å². The average Bonchev–Trinajstić information content (AvgIpc) is 2.64. The van der Waals surface area contributed by atoms with Crippen molar-refractivity contribution in [2.24, 2.45) is 4.99 Å². The molecule has 1 aliphatic carbocycles. The number of hydrogen-bond donors (Lipinski definition) is 3. The molecule has 144 valence electrons. The quantitative estimate of drug-likeness (QED) is 0.492. The molecule has 0 bridgehead atoms. The first-order valence-electron chi connectivity index (χ1n) is 9.74. The maximum atomic E-state index is 13.6. The fourth-order valence-electron chi connectivity index (χ4n) is 3.17. The average molecular weight is 362 g/mol. The van der Waals surface area contributed by atoms with Gasteiger partial charge in [0.05, 0.1) is 6.54 Å². The van der Waals surface area contributed by atoms with Crippen molar-refractivity contribution in [1.29, 1.82) is 0 Å². The number of hydrogen-bond acceptors (Lipinski definition) is 2. The van der Waals surface area contributed by atoms with Crippen molar-refractivity contribution in [3.05, 3.63) is 35.6 Å². The molecule has 2 rings (SSSR count). The summed E-state index contributed by atoms with van der Waals surface area (Å²) in [6.45, 7) is 3.75. The van der Waals surface area contributed by atoms with Gasteiger partial charge in [0.1, 0.15) is 5.82 Å². The van der Waals surface area contributed by atoms with E-state index in [4.69, 9.17) is 0 Å². The molecule has 1 fully saturated rings. The smallest absolute Gasteiger partial charge is 0.222 e. The van der Waals surface area contributed by atoms with E-state index in [1.807, 2.05) is 13.0 Å². The SMILES string of the molecule is CCNC(=NCCC(=O)NC1CCCCC1)NCCc1ccccc1F. The van der Waals surface area contributed by atoms with Gasteiger partial charge in [-0.15, -0.1) is 0 Å². The Balaban J connectivity index is 1.71. The largest absolute Gasteiger partial charge is 0.357 e. The monoisotopic (exact) mass is 362 g/mol. The molecule has 1 aliphatic rings. The molecule has 0 saturated heterocycles. The number of benzene rings is 1. The highest BCUT2D eigenvalue weighted by Gasteiger charge is 2.15. The van der Waals surface area contributed by atoms with Gasteiger partial charge in [0, 0.05) is 25.6 Å². The van der Waals surface area contributed by atoms with Gasteiger partial charge in [0.15, 0.2) is 5.96 Å². The van der Waals surface area contributed by atoms with Crippen LogP contribution in [0.15, 0.2) is 29.3 Å². The molecule has 3 N–H and O–H groups in total. The van der Waals surface area contributed by atoms with E-state index in [0.29, 0.717) is 43.5 Å². The summed E-state index contributed by atoms with van der Waals surface area (Å²) in [5.74, 6) is 0.549. The molecule has 0 spiro atoms. The minimum Gasteiger partial charge on any atom is -0.357 e. The molecule has 0 heterocycles. The number of rotatable bonds is 8. The lowest BCUT2D eigenvalue weighted by Crippen LogP contribution is -2.39. The first-order chi connectivity index (χ1) is 12.7. The fourth-order valence-corrected chi connectivity index (χ4v) is 3.17. The molecule has 0 aromatic heterocycles. The van der Waals surface area contributed by atoms with Crippen molar-refractivity contribution >= 4 is 11.9 Å². The normalized spacial score (nSPS) is 15.5. The first-order valence-corrected chi connectivity index (χ1v) is 9.74. The van der Waals surface area contributed by atoms with Crippen molar-refractivity contribution in [1.82, 2.24) is 16.0 Å². The minimum absolute atomic E-state index is 0.0721. The summed E-state index contributed by atoms with van der Waals surface area (Å²) in [6.07, 6.45) is 6.85. The second-order valence-corrected chi connectivity index (χ2v) is 6.68. The topological polar surface area (TPSA) is 65.5 Å². The Morgan fingerprint density at radius 1 is 1.19 bits per heavy atom. The van der Waals surface area contributed by atoms with Crippen LogP contribution in [0.25, 0.3) is 0 Å². The summed E-state index contributed by atoms with van der Waals surface area (Å²) in [5.41, 5.74) is 0.683. The van der Waals surface area contributed by atoms with Gasteiger partial charge in [-0.25, -0.2) is 4.39 Å². The number of aliphatic imine (C=N–C) groups is 1. The van der Waals surface area contributed by atoms with Crippen LogP contribution in [0.5, 0.6) is 0 Å². The third kappa shape index (κ3) is 7.42. The molecule has 6 heteroatoms. The predicted octanol–water partition coefficient (Wildman–Crippen LogP) is 2.76. The maximum Gasteiger partial charge on any atom is 0.222 e. The lowest BCUT2D eigenvalue weighted by Gasteiger charge is -2.22. The Labute approximate surface area is 155 Å². The van der Waals surface area contributed by atoms with Gasteiger partial charge < -0.3 is 16.0 Å². The van der Waals surface area contributed by atoms with Gasteiger partial charge in [-0.1, -0.05) is 37.5 Å². The third-order valence-electron chi connectivity index (χ3n) is 4.57. The van der Waals surface area contributed by atoms with Crippen LogP contribution >= 0.6 is 0 Å². The van der Waals surface area contributed by atoms with Crippen LogP contribution in [0, 0.1) is 5.82 Å². The molecule has 26 heavy (non-hydrogen) atoms. The van der Waals surface area contributed by atoms with Crippen molar-refractivity contribution in [3.63, 3.8) is 0 Å². The van der Waals surface area contributed by atoms with E-state index in [2.05, 4.69) is 20.9 Å². The Hall–Kier alpha value is -2.11. The highest BCUT2D eigenvalue weighted by Crippen LogP contribution is 2.17. The van der Waals surface area contributed by atoms with E-state index in [0.717, 1.165) is 19.4 Å². The number of guanidine groups is 1. The number of carbonyl (C=O) groups is 1. The molecule has 0 atom stereocenters. The molecular weight excluding hydrogens is 331 g/mol. The lowest BCUT2D eigenvalue weighted by molar-refractivity contribution is -0.121. The van der Waals surface area contributed by atoms with E-state index >= 15 is 0 Å². The second-order valence-electron chi connectivity index (χ2n) is 6.68. The van der Waals surface area contributed by atoms with E-state index in [1.165, 1.54) is 25.3 Å². The summed E-state index contributed by atoms with van der Waals surface area (Å²) in [5, 5.41) is 9.45. The molecule has 1 amide bonds. The fraction of sp³-hybridized carbons (Fsp3) is 0.600. The van der Waals surface area contributed by atoms with Gasteiger partial charge in [-0.2, -0.15) is 0 Å². The number of amides is 1. The maximum absolute atomic E-state index is 13.6. The van der Waals surface area contributed by atoms with Crippen LogP contribution in [0.2, 0.25) is 0 Å². The zero-order valence-electron chi connectivity index (χ0n) is 15.7. The zero-order chi connectivity index (χ0) is 18.6. The van der Waals surface area contributed by atoms with E-state index in [-0.39, 0.29) is 11.7 Å². The molecule has 0 radical (unpaired) electrons. The minimum atomic E-state index is -0.185. The van der Waals surface area contributed by atoms with Crippen molar-refractivity contribution in [2.75, 3.05) is 19.6 Å². The highest BCUT2D eigenvalue weighted by molar-refractivity contribution is 5.80. The van der Waals surface area contributed by atoms with Gasteiger partial charge in [-0.05, 0) is 37.8 Å². The summed E-state index contributed by atoms with van der Waals surface area (Å²) in [6, 6.07) is 7.13. The molecule has 0 unspecified atom stereocenters. The van der Waals surface area contributed by atoms with Gasteiger partial charge in [0.2, 0.25) is 5.91 Å². The predicted molar refractivity (Wildman–Crippen MR) is 104 cm³/mol. The lowest BCUT2D eigenvalue weighted by atomic mass is 9.95. The number of carbonyl (C=O) groups excluding carboxylic acids is 1. The second kappa shape index (κ2) is 11.5. The summed E-state index contributed by atoms with van der Waals surface area (Å²) < 4.78 is 13.6. The van der Waals surface area contributed by atoms with Crippen molar-refractivity contribution in [3.8, 4) is 0 Å². The zero-order valence-corrected chi connectivity index (χ0v) is 15.7. The third-order valence-corrected chi connectivity index (χ3v) is 4.57. The number of nitrogens with one attached hydrogen (secondary N) is 3. The molecular formula is C20H31FN4O. The van der Waals surface area contributed by atoms with E-state index < -0.39 is 0 Å². The van der Waals surface area contributed by atoms with Crippen molar-refractivity contribution in [2.45, 2.75) is 57.9 Å². The Bertz CT molecular complexity index is 585. The van der Waals surface area contributed by atoms with Crippen LogP contribution in [-0.4, -0.2) is 37.5 Å². The van der Waals surface area contributed by atoms with Gasteiger partial charge in [-0.3, -0.25) is 9.79 Å². The molecule has 1 aromatic carbocycles. The first kappa shape index (κ1) is 20.2. The molecule has 1 aromatic rings. The van der Waals surface area contributed by atoms with Crippen LogP contribution in [0.1, 0.15) is 51.0 Å². The van der Waals surface area contributed by atoms with Crippen LogP contribution in [0.4, 0.5) is 4.39 Å². The Kier molecular flexibility index (Phi) is 8.93. The Morgan fingerprint density at radius 2 is 1.96 bits per heavy atom. The van der Waals surface area contributed by atoms with Crippen molar-refractivity contribution < 1.29 is 9.18 Å². The van der Waals surface area contributed by atoms with Gasteiger partial charge in [0.25, 0.3) is 0 Å². The molecule has 0 aliphatic heterocycles.